The van der Waals surface area contributed by atoms with Crippen LogP contribution in [-0.4, -0.2) is 84.1 Å². The third-order valence-electron chi connectivity index (χ3n) is 8.55. The van der Waals surface area contributed by atoms with Crippen molar-refractivity contribution in [2.45, 2.75) is 71.5 Å². The van der Waals surface area contributed by atoms with Crippen LogP contribution in [0.2, 0.25) is 25.1 Å². The smallest absolute Gasteiger partial charge is 0.384 e. The minimum atomic E-state index is -4.72. The van der Waals surface area contributed by atoms with Crippen LogP contribution < -0.4 is 34.2 Å². The topological polar surface area (TPSA) is 383 Å². The first-order chi connectivity index (χ1) is 39.3. The number of primary amides is 1. The van der Waals surface area contributed by atoms with Crippen molar-refractivity contribution in [1.29, 1.82) is 5.26 Å². The number of aromatic nitrogens is 7. The molecule has 6 aromatic rings. The van der Waals surface area contributed by atoms with Gasteiger partial charge >= 0.3 is 41.3 Å². The lowest BCUT2D eigenvalue weighted by Crippen LogP contribution is -2.35. The highest BCUT2D eigenvalue weighted by molar-refractivity contribution is 9.10. The van der Waals surface area contributed by atoms with E-state index in [1.165, 1.54) is 13.0 Å². The Balaban J connectivity index is 0.00000101. The number of aromatic amines is 1. The normalized spacial score (nSPS) is 11.7. The molecule has 0 fully saturated rings. The molecule has 22 nitrogen and oxygen atoms in total. The lowest BCUT2D eigenvalue weighted by Gasteiger charge is -2.27. The summed E-state index contributed by atoms with van der Waals surface area (Å²) < 4.78 is 231. The van der Waals surface area contributed by atoms with Gasteiger partial charge in [-0.15, -0.1) is 0 Å². The first-order valence-corrected chi connectivity index (χ1v) is 26.1. The number of nitrogen functional groups attached to an aromatic ring is 4. The average Bonchev–Trinajstić information content (AvgIpc) is 1.21. The van der Waals surface area contributed by atoms with Crippen LogP contribution in [0, 0.1) is 18.3 Å². The van der Waals surface area contributed by atoms with Gasteiger partial charge < -0.3 is 47.9 Å². The number of fused-ring (bicyclic) bond motifs is 1. The first-order valence-electron chi connectivity index (χ1n) is 22.0. The summed E-state index contributed by atoms with van der Waals surface area (Å²) >= 11 is 29.5. The van der Waals surface area contributed by atoms with Crippen molar-refractivity contribution in [1.82, 2.24) is 34.9 Å². The first kappa shape index (κ1) is 80.7. The zero-order valence-corrected chi connectivity index (χ0v) is 49.9. The number of ether oxygens (including phenoxy) is 3. The number of H-pyrrole nitrogens is 1. The van der Waals surface area contributed by atoms with Gasteiger partial charge in [0, 0.05) is 26.7 Å². The number of alkyl halides is 15. The highest BCUT2D eigenvalue weighted by atomic mass is 79.9. The summed E-state index contributed by atoms with van der Waals surface area (Å²) in [6, 6.07) is 7.41. The molecule has 44 heteroatoms. The summed E-state index contributed by atoms with van der Waals surface area (Å²) in [5.74, 6) is -3.17. The SMILES string of the molecule is CCOC(C)(OCC)OCC.Cc1nc2nc(C(F)(F)F)c(Cl)cc2c(=O)[nH]1.N#Cc1cc(Cl)c(C(F)(F)F)nc1N.NC(=O)c1cc(Cl)c(C(F)(F)F)nc1N.Nc1ccc(Cl)c(C(F)(F)F)n1.Nc1nc(C(F)(F)F)c(Cl)cc1Br.O=S(=O)(O)O. The van der Waals surface area contributed by atoms with Gasteiger partial charge in [-0.05, 0) is 80.0 Å². The van der Waals surface area contributed by atoms with E-state index in [4.69, 9.17) is 124 Å². The number of hydrogen-bond donors (Lipinski definition) is 8. The Morgan fingerprint density at radius 3 is 1.34 bits per heavy atom. The van der Waals surface area contributed by atoms with Crippen molar-refractivity contribution in [3.63, 3.8) is 0 Å². The molecule has 0 aliphatic carbocycles. The minimum Gasteiger partial charge on any atom is -0.384 e. The predicted octanol–water partition coefficient (Wildman–Crippen LogP) is 12.5. The van der Waals surface area contributed by atoms with Crippen LogP contribution in [-0.2, 0) is 55.5 Å². The standard InChI is InChI=1S/C9H5ClF3N3O.C8H18O3.C7H5ClF3N3O.C7H3ClF3N3.C6H3BrClF3N2.C6H4ClF3N2.H2O4S/c1-3-14-7-4(8(17)15-3)2-5(10)6(16-7)9(11,12)13;1-5-9-8(4,10-6-2)11-7-3;8-3-1-2(6(13)15)5(12)14-4(3)7(9,10)11;8-4-1-3(2-12)6(13)14-5(4)7(9,10)11;7-2-1-3(8)4(6(9,10)11)13-5(2)12;7-3-1-2-4(11)12-5(3)6(8,9)10;1-5(2,3)4/h2H,1H3,(H,14,15,16,17);5-7H2,1-4H3;1H,(H2,12,14)(H2,13,15);1H,(H2,13,14);1H,(H2,12,13);1-2H,(H2,11,12);(H2,1,2,3,4). The fraction of sp³-hybridized carbons (Fsp3) is 0.326. The van der Waals surface area contributed by atoms with E-state index in [1.54, 1.807) is 13.0 Å². The zero-order valence-electron chi connectivity index (χ0n) is 43.7. The molecule has 0 spiro atoms. The van der Waals surface area contributed by atoms with Crippen molar-refractivity contribution in [2.75, 3.05) is 42.8 Å². The number of nitrogens with two attached hydrogens (primary N) is 5. The molecule has 0 saturated carbocycles. The lowest BCUT2D eigenvalue weighted by molar-refractivity contribution is -0.365. The monoisotopic (exact) mass is 1450 g/mol. The molecule has 0 radical (unpaired) electrons. The van der Waals surface area contributed by atoms with Crippen LogP contribution in [0.1, 0.15) is 77.9 Å². The molecule has 0 bridgehead atoms. The molecule has 87 heavy (non-hydrogen) atoms. The van der Waals surface area contributed by atoms with Gasteiger partial charge in [0.15, 0.2) is 34.1 Å². The summed E-state index contributed by atoms with van der Waals surface area (Å²) in [7, 11) is -4.67. The van der Waals surface area contributed by atoms with Gasteiger partial charge in [-0.3, -0.25) is 18.7 Å². The number of nitriles is 1. The van der Waals surface area contributed by atoms with Gasteiger partial charge in [0.1, 0.15) is 35.2 Å². The van der Waals surface area contributed by atoms with Crippen molar-refractivity contribution in [3.05, 3.63) is 122 Å². The summed E-state index contributed by atoms with van der Waals surface area (Å²) in [5, 5.41) is 5.45. The number of rotatable bonds is 7. The number of carbonyl (C=O) groups excluding carboxylic acids is 1. The molecule has 1 amide bonds. The number of hydrogen-bond acceptors (Lipinski definition) is 18. The second kappa shape index (κ2) is 33.3. The number of carbonyl (C=O) groups is 1. The van der Waals surface area contributed by atoms with Crippen LogP contribution in [0.5, 0.6) is 0 Å². The second-order valence-corrected chi connectivity index (χ2v) is 19.0. The summed E-state index contributed by atoms with van der Waals surface area (Å²) in [6.07, 6.45) is -23.2. The van der Waals surface area contributed by atoms with Crippen molar-refractivity contribution in [3.8, 4) is 6.07 Å². The van der Waals surface area contributed by atoms with Crippen molar-refractivity contribution in [2.24, 2.45) is 5.73 Å². The van der Waals surface area contributed by atoms with Gasteiger partial charge in [-0.2, -0.15) is 79.5 Å². The van der Waals surface area contributed by atoms with E-state index in [0.717, 1.165) is 30.3 Å². The predicted molar refractivity (Wildman–Crippen MR) is 288 cm³/mol. The maximum atomic E-state index is 12.5. The van der Waals surface area contributed by atoms with Gasteiger partial charge in [0.25, 0.3) is 17.4 Å². The maximum absolute atomic E-state index is 12.5. The molecule has 0 unspecified atom stereocenters. The van der Waals surface area contributed by atoms with Gasteiger partial charge in [-0.25, -0.2) is 29.9 Å². The van der Waals surface area contributed by atoms with E-state index in [-0.39, 0.29) is 44.1 Å². The molecule has 484 valence electrons. The van der Waals surface area contributed by atoms with Crippen LogP contribution in [0.3, 0.4) is 0 Å². The minimum absolute atomic E-state index is 0.0754. The summed E-state index contributed by atoms with van der Waals surface area (Å²) in [4.78, 5) is 43.7. The number of nitrogens with one attached hydrogen (secondary N) is 1. The van der Waals surface area contributed by atoms with Crippen molar-refractivity contribution < 1.29 is 102 Å². The fourth-order valence-electron chi connectivity index (χ4n) is 5.29. The number of aryl methyl sites for hydroxylation is 1. The molecular formula is C43H40BrCl5F15N13O9S. The Morgan fingerprint density at radius 2 is 0.966 bits per heavy atom. The number of halogens is 21. The molecule has 6 aromatic heterocycles. The lowest BCUT2D eigenvalue weighted by atomic mass is 10.2. The van der Waals surface area contributed by atoms with E-state index >= 15 is 0 Å². The quantitative estimate of drug-likeness (QED) is 0.0418. The number of pyridine rings is 5. The summed E-state index contributed by atoms with van der Waals surface area (Å²) in [5.41, 5.74) is 17.7. The third kappa shape index (κ3) is 28.2. The molecule has 0 aliphatic rings. The Labute approximate surface area is 512 Å². The van der Waals surface area contributed by atoms with E-state index in [2.05, 4.69) is 50.8 Å². The number of nitrogens with zero attached hydrogens (tertiary/aromatic N) is 7. The Morgan fingerprint density at radius 1 is 0.609 bits per heavy atom. The number of amides is 1. The van der Waals surface area contributed by atoms with E-state index in [1.807, 2.05) is 20.8 Å². The number of anilines is 4. The molecule has 13 N–H and O–H groups in total. The van der Waals surface area contributed by atoms with Crippen LogP contribution in [0.25, 0.3) is 11.0 Å². The fourth-order valence-corrected chi connectivity index (χ4v) is 6.98. The van der Waals surface area contributed by atoms with Crippen LogP contribution in [0.15, 0.2) is 45.7 Å². The van der Waals surface area contributed by atoms with Gasteiger partial charge in [0.2, 0.25) is 0 Å². The maximum Gasteiger partial charge on any atom is 0.434 e. The van der Waals surface area contributed by atoms with Gasteiger partial charge in [0.05, 0.1) is 46.1 Å². The molecule has 6 rings (SSSR count). The van der Waals surface area contributed by atoms with E-state index < -0.39 is 124 Å². The average molecular weight is 1460 g/mol. The van der Waals surface area contributed by atoms with E-state index in [9.17, 15) is 75.4 Å². The van der Waals surface area contributed by atoms with Crippen LogP contribution in [0.4, 0.5) is 89.1 Å². The third-order valence-corrected chi connectivity index (χ3v) is 10.6. The van der Waals surface area contributed by atoms with Gasteiger partial charge in [-0.1, -0.05) is 58.0 Å². The zero-order chi connectivity index (χ0) is 68.3. The molecule has 0 aliphatic heterocycles. The molecule has 0 aromatic carbocycles. The Kier molecular flexibility index (Phi) is 30.9. The second-order valence-electron chi connectivity index (χ2n) is 15.2. The largest absolute Gasteiger partial charge is 0.434 e. The highest BCUT2D eigenvalue weighted by Gasteiger charge is 2.39. The Hall–Kier alpha value is -6.32. The molecule has 6 heterocycles. The molecule has 0 atom stereocenters. The summed E-state index contributed by atoms with van der Waals surface area (Å²) in [6.45, 7) is 10.8. The van der Waals surface area contributed by atoms with Crippen LogP contribution >= 0.6 is 73.9 Å². The Bertz CT molecular complexity index is 3530. The molecule has 0 saturated heterocycles. The molecular weight excluding hydrogens is 1420 g/mol. The van der Waals surface area contributed by atoms with Crippen molar-refractivity contribution >= 4 is 125 Å². The highest BCUT2D eigenvalue weighted by Crippen LogP contribution is 2.39. The van der Waals surface area contributed by atoms with E-state index in [0.29, 0.717) is 19.8 Å².